The molecule has 0 aromatic rings. The molecule has 0 bridgehead atoms. The largest absolute Gasteiger partial charge is 0.396 e. The SMILES string of the molecule is CC(C)N1CCC(C(CO)CN2CCOCC2)CC1. The summed E-state index contributed by atoms with van der Waals surface area (Å²) in [6.07, 6.45) is 2.49. The molecule has 1 N–H and O–H groups in total. The van der Waals surface area contributed by atoms with Crippen molar-refractivity contribution < 1.29 is 9.84 Å². The van der Waals surface area contributed by atoms with Gasteiger partial charge in [-0.3, -0.25) is 4.90 Å². The Hall–Kier alpha value is -0.160. The van der Waals surface area contributed by atoms with Gasteiger partial charge in [0, 0.05) is 32.3 Å². The van der Waals surface area contributed by atoms with Crippen molar-refractivity contribution in [3.63, 3.8) is 0 Å². The molecule has 0 spiro atoms. The molecule has 1 unspecified atom stereocenters. The van der Waals surface area contributed by atoms with Gasteiger partial charge in [0.15, 0.2) is 0 Å². The van der Waals surface area contributed by atoms with Gasteiger partial charge >= 0.3 is 0 Å². The molecule has 0 radical (unpaired) electrons. The summed E-state index contributed by atoms with van der Waals surface area (Å²) in [5.41, 5.74) is 0. The van der Waals surface area contributed by atoms with E-state index >= 15 is 0 Å². The number of ether oxygens (including phenoxy) is 1. The van der Waals surface area contributed by atoms with Crippen LogP contribution in [0.1, 0.15) is 26.7 Å². The van der Waals surface area contributed by atoms with Gasteiger partial charge < -0.3 is 14.7 Å². The van der Waals surface area contributed by atoms with Crippen LogP contribution in [0.4, 0.5) is 0 Å². The lowest BCUT2D eigenvalue weighted by molar-refractivity contribution is 0.0100. The van der Waals surface area contributed by atoms with E-state index in [0.717, 1.165) is 32.8 Å². The quantitative estimate of drug-likeness (QED) is 0.810. The Morgan fingerprint density at radius 3 is 2.26 bits per heavy atom. The second-order valence-corrected chi connectivity index (χ2v) is 6.32. The molecule has 2 fully saturated rings. The molecule has 2 heterocycles. The molecule has 4 heteroatoms. The van der Waals surface area contributed by atoms with Gasteiger partial charge in [-0.05, 0) is 51.6 Å². The van der Waals surface area contributed by atoms with Crippen LogP contribution in [0.5, 0.6) is 0 Å². The second kappa shape index (κ2) is 7.58. The third-order valence-corrected chi connectivity index (χ3v) is 4.80. The molecule has 2 aliphatic heterocycles. The number of aliphatic hydroxyl groups is 1. The Kier molecular flexibility index (Phi) is 6.07. The molecule has 0 aliphatic carbocycles. The van der Waals surface area contributed by atoms with Gasteiger partial charge in [0.1, 0.15) is 0 Å². The third-order valence-electron chi connectivity index (χ3n) is 4.80. The van der Waals surface area contributed by atoms with Crippen molar-refractivity contribution in [2.24, 2.45) is 11.8 Å². The Bertz CT molecular complexity index is 247. The van der Waals surface area contributed by atoms with Gasteiger partial charge in [0.25, 0.3) is 0 Å². The molecule has 0 aromatic heterocycles. The number of hydrogen-bond donors (Lipinski definition) is 1. The standard InChI is InChI=1S/C15H30N2O2/c1-13(2)17-5-3-14(4-6-17)15(12-18)11-16-7-9-19-10-8-16/h13-15,18H,3-12H2,1-2H3. The summed E-state index contributed by atoms with van der Waals surface area (Å²) in [5, 5.41) is 9.71. The number of piperidine rings is 1. The van der Waals surface area contributed by atoms with Crippen molar-refractivity contribution in [3.05, 3.63) is 0 Å². The van der Waals surface area contributed by atoms with Crippen molar-refractivity contribution in [3.8, 4) is 0 Å². The fourth-order valence-electron chi connectivity index (χ4n) is 3.38. The smallest absolute Gasteiger partial charge is 0.0594 e. The van der Waals surface area contributed by atoms with Crippen LogP contribution >= 0.6 is 0 Å². The molecule has 0 amide bonds. The number of nitrogens with zero attached hydrogens (tertiary/aromatic N) is 2. The first-order valence-electron chi connectivity index (χ1n) is 7.85. The monoisotopic (exact) mass is 270 g/mol. The molecule has 1 atom stereocenters. The molecule has 0 saturated carbocycles. The first-order valence-corrected chi connectivity index (χ1v) is 7.85. The van der Waals surface area contributed by atoms with Gasteiger partial charge in [-0.15, -0.1) is 0 Å². The van der Waals surface area contributed by atoms with E-state index in [9.17, 15) is 5.11 Å². The summed E-state index contributed by atoms with van der Waals surface area (Å²) >= 11 is 0. The Morgan fingerprint density at radius 1 is 1.11 bits per heavy atom. The van der Waals surface area contributed by atoms with Crippen molar-refractivity contribution in [2.45, 2.75) is 32.7 Å². The van der Waals surface area contributed by atoms with E-state index in [1.807, 2.05) is 0 Å². The van der Waals surface area contributed by atoms with Crippen molar-refractivity contribution in [1.82, 2.24) is 9.80 Å². The number of morpholine rings is 1. The first kappa shape index (κ1) is 15.2. The van der Waals surface area contributed by atoms with E-state index in [0.29, 0.717) is 24.5 Å². The van der Waals surface area contributed by atoms with E-state index in [4.69, 9.17) is 4.74 Å². The molecule has 4 nitrogen and oxygen atoms in total. The van der Waals surface area contributed by atoms with Gasteiger partial charge in [-0.25, -0.2) is 0 Å². The maximum absolute atomic E-state index is 9.71. The highest BCUT2D eigenvalue weighted by Gasteiger charge is 2.28. The van der Waals surface area contributed by atoms with Crippen LogP contribution < -0.4 is 0 Å². The van der Waals surface area contributed by atoms with Crippen LogP contribution in [0.25, 0.3) is 0 Å². The van der Waals surface area contributed by atoms with Gasteiger partial charge in [-0.2, -0.15) is 0 Å². The molecule has 2 saturated heterocycles. The molecular weight excluding hydrogens is 240 g/mol. The predicted octanol–water partition coefficient (Wildman–Crippen LogP) is 1.05. The summed E-state index contributed by atoms with van der Waals surface area (Å²) < 4.78 is 5.39. The fraction of sp³-hybridized carbons (Fsp3) is 1.00. The van der Waals surface area contributed by atoms with Gasteiger partial charge in [0.05, 0.1) is 13.2 Å². The van der Waals surface area contributed by atoms with E-state index in [1.54, 1.807) is 0 Å². The van der Waals surface area contributed by atoms with Crippen molar-refractivity contribution in [1.29, 1.82) is 0 Å². The second-order valence-electron chi connectivity index (χ2n) is 6.32. The average Bonchev–Trinajstić information content (AvgIpc) is 2.46. The number of likely N-dealkylation sites (tertiary alicyclic amines) is 1. The average molecular weight is 270 g/mol. The normalized spacial score (nSPS) is 25.9. The maximum Gasteiger partial charge on any atom is 0.0594 e. The zero-order valence-electron chi connectivity index (χ0n) is 12.6. The number of aliphatic hydroxyl groups excluding tert-OH is 1. The molecule has 0 aromatic carbocycles. The zero-order chi connectivity index (χ0) is 13.7. The zero-order valence-corrected chi connectivity index (χ0v) is 12.6. The van der Waals surface area contributed by atoms with Crippen LogP contribution in [0.2, 0.25) is 0 Å². The van der Waals surface area contributed by atoms with Crippen LogP contribution in [0.15, 0.2) is 0 Å². The summed E-state index contributed by atoms with van der Waals surface area (Å²) in [4.78, 5) is 5.01. The van der Waals surface area contributed by atoms with Gasteiger partial charge in [0.2, 0.25) is 0 Å². The fourth-order valence-corrected chi connectivity index (χ4v) is 3.38. The third kappa shape index (κ3) is 4.42. The summed E-state index contributed by atoms with van der Waals surface area (Å²) in [6, 6.07) is 0.660. The minimum atomic E-state index is 0.337. The topological polar surface area (TPSA) is 35.9 Å². The lowest BCUT2D eigenvalue weighted by Gasteiger charge is -2.39. The predicted molar refractivity (Wildman–Crippen MR) is 77.3 cm³/mol. The minimum Gasteiger partial charge on any atom is -0.396 e. The van der Waals surface area contributed by atoms with Crippen LogP contribution in [-0.4, -0.2) is 73.5 Å². The van der Waals surface area contributed by atoms with Crippen molar-refractivity contribution >= 4 is 0 Å². The Labute approximate surface area is 117 Å². The van der Waals surface area contributed by atoms with E-state index in [1.165, 1.54) is 25.9 Å². The maximum atomic E-state index is 9.71. The van der Waals surface area contributed by atoms with Gasteiger partial charge in [-0.1, -0.05) is 0 Å². The number of rotatable bonds is 5. The van der Waals surface area contributed by atoms with Crippen molar-refractivity contribution in [2.75, 3.05) is 52.5 Å². The summed E-state index contributed by atoms with van der Waals surface area (Å²) in [6.45, 7) is 12.1. The Balaban J connectivity index is 1.78. The molecule has 19 heavy (non-hydrogen) atoms. The molecule has 112 valence electrons. The van der Waals surface area contributed by atoms with Crippen LogP contribution in [0.3, 0.4) is 0 Å². The minimum absolute atomic E-state index is 0.337. The Morgan fingerprint density at radius 2 is 1.74 bits per heavy atom. The van der Waals surface area contributed by atoms with E-state index in [2.05, 4.69) is 23.6 Å². The first-order chi connectivity index (χ1) is 9.20. The number of hydrogen-bond acceptors (Lipinski definition) is 4. The lowest BCUT2D eigenvalue weighted by atomic mass is 9.84. The lowest BCUT2D eigenvalue weighted by Crippen LogP contribution is -2.45. The molecule has 2 aliphatic rings. The highest BCUT2D eigenvalue weighted by Crippen LogP contribution is 2.26. The van der Waals surface area contributed by atoms with Crippen LogP contribution in [-0.2, 0) is 4.74 Å². The van der Waals surface area contributed by atoms with E-state index in [-0.39, 0.29) is 0 Å². The highest BCUT2D eigenvalue weighted by molar-refractivity contribution is 4.81. The highest BCUT2D eigenvalue weighted by atomic mass is 16.5. The summed E-state index contributed by atoms with van der Waals surface area (Å²) in [5.74, 6) is 1.15. The summed E-state index contributed by atoms with van der Waals surface area (Å²) in [7, 11) is 0. The van der Waals surface area contributed by atoms with E-state index < -0.39 is 0 Å². The molecule has 2 rings (SSSR count). The molecular formula is C15H30N2O2. The van der Waals surface area contributed by atoms with Crippen LogP contribution in [0, 0.1) is 11.8 Å².